The van der Waals surface area contributed by atoms with E-state index in [2.05, 4.69) is 11.4 Å². The van der Waals surface area contributed by atoms with Gasteiger partial charge in [0.2, 0.25) is 5.91 Å². The summed E-state index contributed by atoms with van der Waals surface area (Å²) in [5.41, 5.74) is 1.64. The highest BCUT2D eigenvalue weighted by Gasteiger charge is 2.30. The Morgan fingerprint density at radius 2 is 2.05 bits per heavy atom. The third-order valence-corrected chi connectivity index (χ3v) is 4.49. The average Bonchev–Trinajstić information content (AvgIpc) is 3.31. The van der Waals surface area contributed by atoms with E-state index in [1.807, 2.05) is 12.1 Å². The van der Waals surface area contributed by atoms with Gasteiger partial charge < -0.3 is 10.4 Å². The number of benzene rings is 1. The lowest BCUT2D eigenvalue weighted by Gasteiger charge is -2.13. The molecule has 1 aliphatic carbocycles. The first-order valence-corrected chi connectivity index (χ1v) is 8.33. The number of carbonyl (C=O) groups excluding carboxylic acids is 1. The predicted molar refractivity (Wildman–Crippen MR) is 84.2 cm³/mol. The van der Waals surface area contributed by atoms with E-state index >= 15 is 0 Å². The van der Waals surface area contributed by atoms with Crippen molar-refractivity contribution in [2.24, 2.45) is 5.92 Å². The zero-order chi connectivity index (χ0) is 15.9. The summed E-state index contributed by atoms with van der Waals surface area (Å²) in [4.78, 5) is 22.9. The summed E-state index contributed by atoms with van der Waals surface area (Å²) < 4.78 is 0. The van der Waals surface area contributed by atoms with Gasteiger partial charge >= 0.3 is 5.97 Å². The van der Waals surface area contributed by atoms with Gasteiger partial charge in [0, 0.05) is 5.75 Å². The Balaban J connectivity index is 1.71. The Labute approximate surface area is 133 Å². The first-order chi connectivity index (χ1) is 10.6. The van der Waals surface area contributed by atoms with Crippen LogP contribution in [0.4, 0.5) is 0 Å². The van der Waals surface area contributed by atoms with Gasteiger partial charge in [-0.2, -0.15) is 5.26 Å². The molecule has 1 saturated carbocycles. The minimum Gasteiger partial charge on any atom is -0.480 e. The summed E-state index contributed by atoms with van der Waals surface area (Å²) in [6, 6.07) is 8.49. The Morgan fingerprint density at radius 1 is 1.36 bits per heavy atom. The molecule has 0 aromatic heterocycles. The number of carboxylic acids is 1. The van der Waals surface area contributed by atoms with E-state index in [-0.39, 0.29) is 11.7 Å². The molecule has 0 aliphatic heterocycles. The van der Waals surface area contributed by atoms with Crippen molar-refractivity contribution in [3.05, 3.63) is 35.4 Å². The van der Waals surface area contributed by atoms with Crippen molar-refractivity contribution >= 4 is 23.6 Å². The Morgan fingerprint density at radius 3 is 2.59 bits per heavy atom. The van der Waals surface area contributed by atoms with Crippen LogP contribution < -0.4 is 5.32 Å². The van der Waals surface area contributed by atoms with Gasteiger partial charge in [0.05, 0.1) is 17.4 Å². The quantitative estimate of drug-likeness (QED) is 0.766. The maximum Gasteiger partial charge on any atom is 0.326 e. The van der Waals surface area contributed by atoms with Gasteiger partial charge in [0.1, 0.15) is 6.04 Å². The topological polar surface area (TPSA) is 90.2 Å². The summed E-state index contributed by atoms with van der Waals surface area (Å²) in [7, 11) is 0. The lowest BCUT2D eigenvalue weighted by Crippen LogP contribution is -2.42. The molecule has 1 amide bonds. The van der Waals surface area contributed by atoms with Crippen LogP contribution in [0.1, 0.15) is 30.4 Å². The molecule has 22 heavy (non-hydrogen) atoms. The summed E-state index contributed by atoms with van der Waals surface area (Å²) >= 11 is 1.43. The minimum atomic E-state index is -0.961. The Bertz CT molecular complexity index is 576. The van der Waals surface area contributed by atoms with Crippen molar-refractivity contribution in [3.63, 3.8) is 0 Å². The van der Waals surface area contributed by atoms with Crippen molar-refractivity contribution in [2.75, 3.05) is 5.75 Å². The zero-order valence-electron chi connectivity index (χ0n) is 12.1. The molecule has 2 rings (SSSR count). The Hall–Kier alpha value is -2.00. The van der Waals surface area contributed by atoms with Crippen LogP contribution in [0, 0.1) is 17.2 Å². The van der Waals surface area contributed by atoms with E-state index in [4.69, 9.17) is 10.4 Å². The van der Waals surface area contributed by atoms with Gasteiger partial charge in [-0.1, -0.05) is 25.0 Å². The number of nitrogens with zero attached hydrogens (tertiary/aromatic N) is 1. The fraction of sp³-hybridized carbons (Fsp3) is 0.438. The average molecular weight is 318 g/mol. The van der Waals surface area contributed by atoms with Crippen LogP contribution in [0.15, 0.2) is 24.3 Å². The van der Waals surface area contributed by atoms with Gasteiger partial charge in [-0.05, 0) is 30.0 Å². The number of amides is 1. The summed E-state index contributed by atoms with van der Waals surface area (Å²) in [5, 5.41) is 20.4. The SMILES string of the molecule is N#Cc1ccc(CSCC(=O)NC(CC2CC2)C(=O)O)cc1. The summed E-state index contributed by atoms with van der Waals surface area (Å²) in [5.74, 6) is 0.130. The lowest BCUT2D eigenvalue weighted by molar-refractivity contribution is -0.141. The molecule has 0 spiro atoms. The lowest BCUT2D eigenvalue weighted by atomic mass is 10.1. The largest absolute Gasteiger partial charge is 0.480 e. The molecule has 5 nitrogen and oxygen atoms in total. The van der Waals surface area contributed by atoms with Crippen molar-refractivity contribution < 1.29 is 14.7 Å². The van der Waals surface area contributed by atoms with Crippen molar-refractivity contribution in [1.29, 1.82) is 5.26 Å². The third-order valence-electron chi connectivity index (χ3n) is 3.48. The van der Waals surface area contributed by atoms with Crippen LogP contribution in [-0.4, -0.2) is 28.8 Å². The number of carbonyl (C=O) groups is 2. The molecule has 1 atom stereocenters. The first-order valence-electron chi connectivity index (χ1n) is 7.17. The van der Waals surface area contributed by atoms with Gasteiger partial charge in [-0.15, -0.1) is 11.8 Å². The van der Waals surface area contributed by atoms with Crippen LogP contribution in [0.2, 0.25) is 0 Å². The third kappa shape index (κ3) is 5.41. The number of nitrogens with one attached hydrogen (secondary N) is 1. The number of aliphatic carboxylic acids is 1. The molecule has 0 bridgehead atoms. The van der Waals surface area contributed by atoms with Crippen LogP contribution >= 0.6 is 11.8 Å². The van der Waals surface area contributed by atoms with Crippen molar-refractivity contribution in [1.82, 2.24) is 5.32 Å². The molecular formula is C16H18N2O3S. The highest BCUT2D eigenvalue weighted by atomic mass is 32.2. The van der Waals surface area contributed by atoms with Crippen molar-refractivity contribution in [3.8, 4) is 6.07 Å². The standard InChI is InChI=1S/C16H18N2O3S/c17-8-12-3-5-13(6-4-12)9-22-10-15(19)18-14(16(20)21)7-11-1-2-11/h3-6,11,14H,1-2,7,9-10H2,(H,18,19)(H,20,21). The molecule has 1 unspecified atom stereocenters. The van der Waals surface area contributed by atoms with E-state index in [0.29, 0.717) is 23.7 Å². The van der Waals surface area contributed by atoms with Gasteiger partial charge in [0.15, 0.2) is 0 Å². The van der Waals surface area contributed by atoms with E-state index in [1.54, 1.807) is 12.1 Å². The maximum atomic E-state index is 11.8. The number of rotatable bonds is 8. The summed E-state index contributed by atoms with van der Waals surface area (Å²) in [6.45, 7) is 0. The number of thioether (sulfide) groups is 1. The fourth-order valence-electron chi connectivity index (χ4n) is 2.08. The molecule has 0 saturated heterocycles. The fourth-order valence-corrected chi connectivity index (χ4v) is 2.88. The predicted octanol–water partition coefficient (Wildman–Crippen LogP) is 2.16. The minimum absolute atomic E-state index is 0.231. The molecule has 0 radical (unpaired) electrons. The van der Waals surface area contributed by atoms with Crippen molar-refractivity contribution in [2.45, 2.75) is 31.1 Å². The monoisotopic (exact) mass is 318 g/mol. The Kier molecular flexibility index (Phi) is 5.84. The van der Waals surface area contributed by atoms with Crippen LogP contribution in [0.3, 0.4) is 0 Å². The normalized spacial score (nSPS) is 14.9. The van der Waals surface area contributed by atoms with Gasteiger partial charge in [-0.25, -0.2) is 4.79 Å². The van der Waals surface area contributed by atoms with E-state index in [1.165, 1.54) is 11.8 Å². The van der Waals surface area contributed by atoms with E-state index < -0.39 is 12.0 Å². The van der Waals surface area contributed by atoms with Crippen LogP contribution in [-0.2, 0) is 15.3 Å². The second-order valence-corrected chi connectivity index (χ2v) is 6.42. The van der Waals surface area contributed by atoms with Gasteiger partial charge in [-0.3, -0.25) is 4.79 Å². The number of hydrogen-bond acceptors (Lipinski definition) is 4. The van der Waals surface area contributed by atoms with Crippen LogP contribution in [0.5, 0.6) is 0 Å². The first kappa shape index (κ1) is 16.4. The zero-order valence-corrected chi connectivity index (χ0v) is 12.9. The number of hydrogen-bond donors (Lipinski definition) is 2. The van der Waals surface area contributed by atoms with E-state index in [0.717, 1.165) is 18.4 Å². The highest BCUT2D eigenvalue weighted by Crippen LogP contribution is 2.33. The molecule has 6 heteroatoms. The molecule has 116 valence electrons. The second-order valence-electron chi connectivity index (χ2n) is 5.44. The number of carboxylic acid groups (broad SMARTS) is 1. The number of nitriles is 1. The maximum absolute atomic E-state index is 11.8. The molecule has 0 heterocycles. The smallest absolute Gasteiger partial charge is 0.326 e. The second kappa shape index (κ2) is 7.85. The molecular weight excluding hydrogens is 300 g/mol. The molecule has 1 aromatic rings. The van der Waals surface area contributed by atoms with Gasteiger partial charge in [0.25, 0.3) is 0 Å². The molecule has 1 aromatic carbocycles. The van der Waals surface area contributed by atoms with Crippen LogP contribution in [0.25, 0.3) is 0 Å². The molecule has 1 fully saturated rings. The molecule has 1 aliphatic rings. The highest BCUT2D eigenvalue weighted by molar-refractivity contribution is 7.99. The summed E-state index contributed by atoms with van der Waals surface area (Å²) in [6.07, 6.45) is 2.65. The molecule has 2 N–H and O–H groups in total. The van der Waals surface area contributed by atoms with E-state index in [9.17, 15) is 9.59 Å².